The average Bonchev–Trinajstić information content (AvgIpc) is 2.94. The Bertz CT molecular complexity index is 616. The summed E-state index contributed by atoms with van der Waals surface area (Å²) in [5, 5.41) is 24.9. The molecule has 1 aliphatic rings. The Hall–Kier alpha value is -1.45. The standard InChI is InChI=1S/C11H17N3O5S/c1-7-9(8(10(15)16)14-13-7)20(18,19)12-6-11(17)4-2-3-5-11/h12,17H,2-6H2,1H3,(H,13,14)(H,15,16). The molecule has 1 heterocycles. The van der Waals surface area contributed by atoms with Crippen LogP contribution in [-0.2, 0) is 10.0 Å². The van der Waals surface area contributed by atoms with Gasteiger partial charge in [0, 0.05) is 6.54 Å². The van der Waals surface area contributed by atoms with Crippen molar-refractivity contribution >= 4 is 16.0 Å². The van der Waals surface area contributed by atoms with E-state index in [0.717, 1.165) is 12.8 Å². The van der Waals surface area contributed by atoms with Crippen LogP contribution in [0.5, 0.6) is 0 Å². The molecule has 1 fully saturated rings. The van der Waals surface area contributed by atoms with Crippen molar-refractivity contribution in [1.82, 2.24) is 14.9 Å². The zero-order chi connectivity index (χ0) is 15.0. The smallest absolute Gasteiger partial charge is 0.357 e. The third kappa shape index (κ3) is 2.84. The lowest BCUT2D eigenvalue weighted by molar-refractivity contribution is 0.0531. The zero-order valence-corrected chi connectivity index (χ0v) is 11.8. The highest BCUT2D eigenvalue weighted by molar-refractivity contribution is 7.89. The first-order valence-corrected chi connectivity index (χ1v) is 7.74. The maximum atomic E-state index is 12.2. The first-order valence-electron chi connectivity index (χ1n) is 6.25. The van der Waals surface area contributed by atoms with Crippen molar-refractivity contribution in [2.75, 3.05) is 6.54 Å². The number of carboxylic acids is 1. The van der Waals surface area contributed by atoms with E-state index in [1.54, 1.807) is 0 Å². The van der Waals surface area contributed by atoms with Crippen molar-refractivity contribution in [2.24, 2.45) is 0 Å². The molecule has 0 atom stereocenters. The van der Waals surface area contributed by atoms with Gasteiger partial charge in [-0.1, -0.05) is 12.8 Å². The van der Waals surface area contributed by atoms with E-state index >= 15 is 0 Å². The second kappa shape index (κ2) is 5.15. The summed E-state index contributed by atoms with van der Waals surface area (Å²) in [6, 6.07) is 0. The van der Waals surface area contributed by atoms with Crippen molar-refractivity contribution in [2.45, 2.75) is 43.1 Å². The largest absolute Gasteiger partial charge is 0.476 e. The van der Waals surface area contributed by atoms with E-state index in [1.807, 2.05) is 0 Å². The molecule has 1 aromatic heterocycles. The van der Waals surface area contributed by atoms with Gasteiger partial charge in [0.1, 0.15) is 4.90 Å². The number of nitrogens with one attached hydrogen (secondary N) is 2. The van der Waals surface area contributed by atoms with E-state index in [9.17, 15) is 18.3 Å². The van der Waals surface area contributed by atoms with Crippen molar-refractivity contribution < 1.29 is 23.4 Å². The molecular weight excluding hydrogens is 286 g/mol. The molecule has 1 saturated carbocycles. The normalized spacial score (nSPS) is 18.3. The van der Waals surface area contributed by atoms with Gasteiger partial charge >= 0.3 is 5.97 Å². The zero-order valence-electron chi connectivity index (χ0n) is 11.0. The van der Waals surface area contributed by atoms with Crippen molar-refractivity contribution in [3.8, 4) is 0 Å². The van der Waals surface area contributed by atoms with Crippen LogP contribution in [0, 0.1) is 6.92 Å². The van der Waals surface area contributed by atoms with Crippen molar-refractivity contribution in [3.63, 3.8) is 0 Å². The molecule has 0 bridgehead atoms. The average molecular weight is 303 g/mol. The number of aryl methyl sites for hydroxylation is 1. The van der Waals surface area contributed by atoms with Crippen LogP contribution >= 0.6 is 0 Å². The molecule has 0 saturated heterocycles. The fourth-order valence-electron chi connectivity index (χ4n) is 2.40. The minimum atomic E-state index is -4.03. The molecule has 20 heavy (non-hydrogen) atoms. The maximum absolute atomic E-state index is 12.2. The SMILES string of the molecule is Cc1[nH]nc(C(=O)O)c1S(=O)(=O)NCC1(O)CCCC1. The predicted molar refractivity (Wildman–Crippen MR) is 68.9 cm³/mol. The van der Waals surface area contributed by atoms with Gasteiger partial charge in [-0.15, -0.1) is 0 Å². The van der Waals surface area contributed by atoms with Gasteiger partial charge in [0.2, 0.25) is 10.0 Å². The third-order valence-electron chi connectivity index (χ3n) is 3.49. The topological polar surface area (TPSA) is 132 Å². The molecule has 4 N–H and O–H groups in total. The number of rotatable bonds is 5. The van der Waals surface area contributed by atoms with E-state index in [-0.39, 0.29) is 17.1 Å². The minimum Gasteiger partial charge on any atom is -0.476 e. The second-order valence-corrected chi connectivity index (χ2v) is 6.79. The van der Waals surface area contributed by atoms with Crippen LogP contribution in [0.1, 0.15) is 41.9 Å². The Morgan fingerprint density at radius 1 is 1.45 bits per heavy atom. The molecule has 0 aromatic carbocycles. The number of aromatic amines is 1. The highest BCUT2D eigenvalue weighted by Crippen LogP contribution is 2.29. The number of H-pyrrole nitrogens is 1. The maximum Gasteiger partial charge on any atom is 0.357 e. The van der Waals surface area contributed by atoms with Crippen LogP contribution in [0.15, 0.2) is 4.90 Å². The van der Waals surface area contributed by atoms with Crippen LogP contribution < -0.4 is 4.72 Å². The summed E-state index contributed by atoms with van der Waals surface area (Å²) in [7, 11) is -4.03. The minimum absolute atomic E-state index is 0.126. The molecule has 8 nitrogen and oxygen atoms in total. The number of aromatic nitrogens is 2. The van der Waals surface area contributed by atoms with Crippen molar-refractivity contribution in [3.05, 3.63) is 11.4 Å². The molecule has 9 heteroatoms. The first kappa shape index (κ1) is 14.9. The number of carboxylic acid groups (broad SMARTS) is 1. The highest BCUT2D eigenvalue weighted by atomic mass is 32.2. The Kier molecular flexibility index (Phi) is 3.85. The van der Waals surface area contributed by atoms with Crippen molar-refractivity contribution in [1.29, 1.82) is 0 Å². The van der Waals surface area contributed by atoms with Gasteiger partial charge in [-0.25, -0.2) is 17.9 Å². The lowest BCUT2D eigenvalue weighted by Gasteiger charge is -2.22. The Labute approximate surface area is 116 Å². The molecule has 0 aliphatic heterocycles. The van der Waals surface area contributed by atoms with Crippen LogP contribution in [0.2, 0.25) is 0 Å². The molecule has 2 rings (SSSR count). The molecular formula is C11H17N3O5S. The molecule has 0 spiro atoms. The van der Waals surface area contributed by atoms with Gasteiger partial charge in [0.05, 0.1) is 11.3 Å². The Balaban J connectivity index is 2.22. The quantitative estimate of drug-likeness (QED) is 0.605. The van der Waals surface area contributed by atoms with Crippen LogP contribution in [0.4, 0.5) is 0 Å². The summed E-state index contributed by atoms with van der Waals surface area (Å²) in [4.78, 5) is 10.6. The number of hydrogen-bond donors (Lipinski definition) is 4. The van der Waals surface area contributed by atoms with E-state index in [0.29, 0.717) is 12.8 Å². The number of nitrogens with zero attached hydrogens (tertiary/aromatic N) is 1. The summed E-state index contributed by atoms with van der Waals surface area (Å²) >= 11 is 0. The Morgan fingerprint density at radius 2 is 2.05 bits per heavy atom. The molecule has 1 aromatic rings. The van der Waals surface area contributed by atoms with Gasteiger partial charge in [-0.3, -0.25) is 5.10 Å². The molecule has 112 valence electrons. The lowest BCUT2D eigenvalue weighted by atomic mass is 10.0. The summed E-state index contributed by atoms with van der Waals surface area (Å²) in [5.74, 6) is -1.42. The van der Waals surface area contributed by atoms with Crippen LogP contribution in [-0.4, -0.2) is 46.9 Å². The molecule has 0 unspecified atom stereocenters. The van der Waals surface area contributed by atoms with Gasteiger partial charge in [0.15, 0.2) is 5.69 Å². The number of sulfonamides is 1. The summed E-state index contributed by atoms with van der Waals surface area (Å²) in [5.41, 5.74) is -1.45. The first-order chi connectivity index (χ1) is 9.25. The third-order valence-corrected chi connectivity index (χ3v) is 5.05. The molecule has 1 aliphatic carbocycles. The Morgan fingerprint density at radius 3 is 2.60 bits per heavy atom. The fourth-order valence-corrected chi connectivity index (χ4v) is 3.84. The van der Waals surface area contributed by atoms with E-state index in [1.165, 1.54) is 6.92 Å². The molecule has 0 radical (unpaired) electrons. The second-order valence-electron chi connectivity index (χ2n) is 5.09. The number of carbonyl (C=O) groups is 1. The van der Waals surface area contributed by atoms with Crippen LogP contribution in [0.25, 0.3) is 0 Å². The van der Waals surface area contributed by atoms with Gasteiger partial charge < -0.3 is 10.2 Å². The van der Waals surface area contributed by atoms with E-state index in [4.69, 9.17) is 5.11 Å². The van der Waals surface area contributed by atoms with Gasteiger partial charge in [-0.05, 0) is 19.8 Å². The summed E-state index contributed by atoms with van der Waals surface area (Å²) < 4.78 is 26.7. The summed E-state index contributed by atoms with van der Waals surface area (Å²) in [6.07, 6.45) is 2.77. The van der Waals surface area contributed by atoms with Gasteiger partial charge in [0.25, 0.3) is 0 Å². The number of aliphatic hydroxyl groups is 1. The number of aromatic carboxylic acids is 1. The molecule has 0 amide bonds. The predicted octanol–water partition coefficient (Wildman–Crippen LogP) is -0.000280. The van der Waals surface area contributed by atoms with E-state index < -0.39 is 27.3 Å². The lowest BCUT2D eigenvalue weighted by Crippen LogP contribution is -2.41. The van der Waals surface area contributed by atoms with E-state index in [2.05, 4.69) is 14.9 Å². The van der Waals surface area contributed by atoms with Crippen LogP contribution in [0.3, 0.4) is 0 Å². The summed E-state index contributed by atoms with van der Waals surface area (Å²) in [6.45, 7) is 1.30. The monoisotopic (exact) mass is 303 g/mol. The van der Waals surface area contributed by atoms with Gasteiger partial charge in [-0.2, -0.15) is 5.10 Å². The fraction of sp³-hybridized carbons (Fsp3) is 0.636. The number of hydrogen-bond acceptors (Lipinski definition) is 5. The highest BCUT2D eigenvalue weighted by Gasteiger charge is 2.34.